The van der Waals surface area contributed by atoms with E-state index in [2.05, 4.69) is 34.9 Å². The minimum atomic E-state index is -1.77. The fraction of sp³-hybridized carbons (Fsp3) is 0.679. The van der Waals surface area contributed by atoms with Crippen molar-refractivity contribution in [2.24, 2.45) is 0 Å². The Labute approximate surface area is 244 Å². The van der Waals surface area contributed by atoms with E-state index in [1.807, 2.05) is 12.3 Å². The van der Waals surface area contributed by atoms with Gasteiger partial charge in [-0.25, -0.2) is 19.0 Å². The van der Waals surface area contributed by atoms with Crippen molar-refractivity contribution in [2.45, 2.75) is 83.2 Å². The van der Waals surface area contributed by atoms with Gasteiger partial charge in [-0.3, -0.25) is 4.79 Å². The van der Waals surface area contributed by atoms with Gasteiger partial charge in [-0.15, -0.1) is 0 Å². The van der Waals surface area contributed by atoms with Crippen molar-refractivity contribution in [1.29, 1.82) is 0 Å². The molecule has 5 rings (SSSR count). The predicted octanol–water partition coefficient (Wildman–Crippen LogP) is 3.13. The molecule has 5 heterocycles. The quantitative estimate of drug-likeness (QED) is 0.445. The molecule has 0 aromatic carbocycles. The lowest BCUT2D eigenvalue weighted by Crippen LogP contribution is -2.64. The van der Waals surface area contributed by atoms with Crippen LogP contribution in [0.5, 0.6) is 0 Å². The van der Waals surface area contributed by atoms with Crippen LogP contribution in [0.2, 0.25) is 0 Å². The summed E-state index contributed by atoms with van der Waals surface area (Å²) in [6, 6.07) is 1.92. The maximum absolute atomic E-state index is 14.9. The van der Waals surface area contributed by atoms with Crippen LogP contribution in [0.4, 0.5) is 25.6 Å². The number of halogens is 1. The van der Waals surface area contributed by atoms with Gasteiger partial charge in [0.25, 0.3) is 0 Å². The zero-order valence-electron chi connectivity index (χ0n) is 24.9. The Morgan fingerprint density at radius 3 is 2.48 bits per heavy atom. The fourth-order valence-corrected chi connectivity index (χ4v) is 5.36. The number of nitrogens with zero attached hydrogens (tertiary/aromatic N) is 5. The van der Waals surface area contributed by atoms with Gasteiger partial charge in [0.2, 0.25) is 5.91 Å². The Morgan fingerprint density at radius 2 is 1.86 bits per heavy atom. The number of amides is 3. The highest BCUT2D eigenvalue weighted by molar-refractivity contribution is 5.79. The van der Waals surface area contributed by atoms with E-state index < -0.39 is 30.1 Å². The Balaban J connectivity index is 1.14. The largest absolute Gasteiger partial charge is 0.446 e. The predicted molar refractivity (Wildman–Crippen MR) is 153 cm³/mol. The number of hydrogen-bond donors (Lipinski definition) is 3. The normalized spacial score (nSPS) is 20.8. The molecule has 0 aliphatic carbocycles. The van der Waals surface area contributed by atoms with Gasteiger partial charge in [-0.2, -0.15) is 9.61 Å². The summed E-state index contributed by atoms with van der Waals surface area (Å²) in [6.45, 7) is 10.1. The summed E-state index contributed by atoms with van der Waals surface area (Å²) in [5.41, 5.74) is -0.666. The number of alkyl halides is 1. The molecule has 2 aromatic heterocycles. The average molecular weight is 589 g/mol. The number of nitrogens with one attached hydrogen (secondary N) is 3. The van der Waals surface area contributed by atoms with Gasteiger partial charge in [0.15, 0.2) is 11.3 Å². The van der Waals surface area contributed by atoms with Crippen LogP contribution in [0.25, 0.3) is 5.65 Å². The molecule has 3 aliphatic heterocycles. The maximum atomic E-state index is 14.9. The number of carbonyl (C=O) groups excluding carboxylic acids is 3. The van der Waals surface area contributed by atoms with E-state index in [1.54, 1.807) is 30.2 Å². The molecular formula is C28H41FN8O5. The molecule has 3 N–H and O–H groups in total. The van der Waals surface area contributed by atoms with Crippen LogP contribution in [0.15, 0.2) is 12.3 Å². The van der Waals surface area contributed by atoms with Crippen LogP contribution in [-0.4, -0.2) is 105 Å². The summed E-state index contributed by atoms with van der Waals surface area (Å²) in [7, 11) is 0. The molecule has 0 saturated carbocycles. The van der Waals surface area contributed by atoms with E-state index in [0.717, 1.165) is 17.0 Å². The van der Waals surface area contributed by atoms with Gasteiger partial charge < -0.3 is 35.2 Å². The summed E-state index contributed by atoms with van der Waals surface area (Å²) in [5, 5.41) is 14.3. The highest BCUT2D eigenvalue weighted by Crippen LogP contribution is 2.29. The summed E-state index contributed by atoms with van der Waals surface area (Å²) in [6.07, 6.45) is 2.40. The first-order chi connectivity index (χ1) is 19.8. The highest BCUT2D eigenvalue weighted by Gasteiger charge is 2.48. The van der Waals surface area contributed by atoms with Gasteiger partial charge in [-0.05, 0) is 39.5 Å². The van der Waals surface area contributed by atoms with E-state index in [-0.39, 0.29) is 37.0 Å². The SMILES string of the molecule is CC(C)c1cnn2c(NC3CCN(C(=O)OCC4(F)CN(C(=O)OC(C)(C)C)C4)CC3)cc(N[C@H]3CNC(=O)C3)nc12. The number of hydrogen-bond acceptors (Lipinski definition) is 9. The minimum Gasteiger partial charge on any atom is -0.446 e. The van der Waals surface area contributed by atoms with E-state index in [9.17, 15) is 18.8 Å². The first-order valence-electron chi connectivity index (χ1n) is 14.6. The number of fused-ring (bicyclic) bond motifs is 1. The summed E-state index contributed by atoms with van der Waals surface area (Å²) in [4.78, 5) is 44.1. The lowest BCUT2D eigenvalue weighted by molar-refractivity contribution is -0.119. The number of anilines is 2. The van der Waals surface area contributed by atoms with Crippen molar-refractivity contribution in [1.82, 2.24) is 29.7 Å². The molecule has 13 nitrogen and oxygen atoms in total. The Morgan fingerprint density at radius 1 is 1.14 bits per heavy atom. The number of carbonyl (C=O) groups is 3. The van der Waals surface area contributed by atoms with Crippen LogP contribution in [0.1, 0.15) is 65.4 Å². The second-order valence-corrected chi connectivity index (χ2v) is 12.8. The van der Waals surface area contributed by atoms with Crippen LogP contribution in [0, 0.1) is 0 Å². The van der Waals surface area contributed by atoms with Crippen molar-refractivity contribution in [3.63, 3.8) is 0 Å². The average Bonchev–Trinajstić information content (AvgIpc) is 3.51. The third kappa shape index (κ3) is 6.79. The maximum Gasteiger partial charge on any atom is 0.410 e. The lowest BCUT2D eigenvalue weighted by atomic mass is 9.98. The summed E-state index contributed by atoms with van der Waals surface area (Å²) < 4.78 is 27.3. The molecule has 3 aliphatic rings. The second kappa shape index (κ2) is 11.4. The first kappa shape index (κ1) is 29.6. The van der Waals surface area contributed by atoms with E-state index >= 15 is 0 Å². The molecule has 0 radical (unpaired) electrons. The van der Waals surface area contributed by atoms with E-state index in [1.165, 1.54) is 4.90 Å². The van der Waals surface area contributed by atoms with Gasteiger partial charge >= 0.3 is 12.2 Å². The molecule has 3 saturated heterocycles. The van der Waals surface area contributed by atoms with Gasteiger partial charge in [-0.1, -0.05) is 13.8 Å². The topological polar surface area (TPSA) is 142 Å². The monoisotopic (exact) mass is 588 g/mol. The van der Waals surface area contributed by atoms with Crippen LogP contribution in [0.3, 0.4) is 0 Å². The summed E-state index contributed by atoms with van der Waals surface area (Å²) in [5.74, 6) is 1.68. The number of rotatable bonds is 7. The van der Waals surface area contributed by atoms with Crippen LogP contribution in [-0.2, 0) is 14.3 Å². The molecule has 0 spiro atoms. The Kier molecular flexibility index (Phi) is 8.08. The lowest BCUT2D eigenvalue weighted by Gasteiger charge is -2.44. The zero-order chi connectivity index (χ0) is 30.2. The smallest absolute Gasteiger partial charge is 0.410 e. The second-order valence-electron chi connectivity index (χ2n) is 12.8. The molecule has 1 atom stereocenters. The molecule has 3 fully saturated rings. The summed E-state index contributed by atoms with van der Waals surface area (Å²) >= 11 is 0. The molecule has 3 amide bonds. The van der Waals surface area contributed by atoms with Gasteiger partial charge in [0, 0.05) is 43.7 Å². The third-order valence-corrected chi connectivity index (χ3v) is 7.61. The molecule has 0 unspecified atom stereocenters. The van der Waals surface area contributed by atoms with Crippen molar-refractivity contribution in [3.05, 3.63) is 17.8 Å². The van der Waals surface area contributed by atoms with Gasteiger partial charge in [0.05, 0.1) is 25.3 Å². The molecule has 0 bridgehead atoms. The Hall–Kier alpha value is -3.84. The van der Waals surface area contributed by atoms with E-state index in [0.29, 0.717) is 44.7 Å². The fourth-order valence-electron chi connectivity index (χ4n) is 5.36. The molecule has 42 heavy (non-hydrogen) atoms. The van der Waals surface area contributed by atoms with Crippen molar-refractivity contribution in [3.8, 4) is 0 Å². The molecule has 230 valence electrons. The zero-order valence-corrected chi connectivity index (χ0v) is 24.9. The third-order valence-electron chi connectivity index (χ3n) is 7.61. The Bertz CT molecular complexity index is 1330. The number of likely N-dealkylation sites (tertiary alicyclic amines) is 2. The minimum absolute atomic E-state index is 0.0154. The molecule has 14 heteroatoms. The van der Waals surface area contributed by atoms with Crippen molar-refractivity contribution >= 4 is 35.4 Å². The van der Waals surface area contributed by atoms with E-state index in [4.69, 9.17) is 14.5 Å². The van der Waals surface area contributed by atoms with Crippen LogP contribution < -0.4 is 16.0 Å². The standard InChI is InChI=1S/C28H41FN8O5/c1-17(2)20-13-31-37-22(11-21(34-24(20)37)32-19-10-23(38)30-12-19)33-18-6-8-35(9-7-18)25(39)41-16-28(29)14-36(15-28)26(40)42-27(3,4)5/h11,13,17-19,33H,6-10,12,14-16H2,1-5H3,(H,30,38)(H,32,34)/t19-/m1/s1. The number of ether oxygens (including phenoxy) is 2. The molecular weight excluding hydrogens is 547 g/mol. The van der Waals surface area contributed by atoms with Crippen molar-refractivity contribution < 1.29 is 28.2 Å². The molecule has 2 aromatic rings. The van der Waals surface area contributed by atoms with Crippen molar-refractivity contribution in [2.75, 3.05) is 50.0 Å². The number of aromatic nitrogens is 3. The first-order valence-corrected chi connectivity index (χ1v) is 14.6. The van der Waals surface area contributed by atoms with Gasteiger partial charge in [0.1, 0.15) is 23.8 Å². The van der Waals surface area contributed by atoms with Crippen LogP contribution >= 0.6 is 0 Å². The highest BCUT2D eigenvalue weighted by atomic mass is 19.1. The number of piperidine rings is 1.